The lowest BCUT2D eigenvalue weighted by molar-refractivity contribution is 0.256. The number of hydrogen-bond donors (Lipinski definition) is 0. The van der Waals surface area contributed by atoms with Crippen LogP contribution < -0.4 is 0 Å². The first-order valence-electron chi connectivity index (χ1n) is 14.7. The minimum atomic E-state index is 0.692. The zero-order valence-corrected chi connectivity index (χ0v) is 27.3. The van der Waals surface area contributed by atoms with Gasteiger partial charge in [0.05, 0.1) is 6.67 Å². The SMILES string of the molecule is BrCCc1cccc2ccccc12.CC.CCCCCCN1CN(CCc2cccc3ccccc23)C(Cl)=C1Cl. The molecule has 1 aliphatic heterocycles. The highest BCUT2D eigenvalue weighted by Gasteiger charge is 2.26. The van der Waals surface area contributed by atoms with Gasteiger partial charge in [-0.3, -0.25) is 0 Å². The normalized spacial score (nSPS) is 12.8. The Morgan fingerprint density at radius 1 is 0.625 bits per heavy atom. The summed E-state index contributed by atoms with van der Waals surface area (Å²) >= 11 is 16.4. The number of benzene rings is 4. The molecule has 0 radical (unpaired) electrons. The third kappa shape index (κ3) is 8.90. The molecule has 0 aliphatic carbocycles. The van der Waals surface area contributed by atoms with E-state index in [-0.39, 0.29) is 0 Å². The van der Waals surface area contributed by atoms with Crippen LogP contribution in [0.25, 0.3) is 21.5 Å². The van der Waals surface area contributed by atoms with E-state index in [1.54, 1.807) is 0 Å². The van der Waals surface area contributed by atoms with E-state index < -0.39 is 0 Å². The molecular formula is C35H43BrCl2N2. The first kappa shape index (κ1) is 32.3. The molecular weight excluding hydrogens is 599 g/mol. The highest BCUT2D eigenvalue weighted by Crippen LogP contribution is 2.30. The molecule has 0 aromatic heterocycles. The Kier molecular flexibility index (Phi) is 14.2. The lowest BCUT2D eigenvalue weighted by atomic mass is 10.0. The summed E-state index contributed by atoms with van der Waals surface area (Å²) in [5.74, 6) is 0. The summed E-state index contributed by atoms with van der Waals surface area (Å²) in [6.07, 6.45) is 7.03. The monoisotopic (exact) mass is 640 g/mol. The molecule has 0 N–H and O–H groups in total. The molecule has 2 nitrogen and oxygen atoms in total. The van der Waals surface area contributed by atoms with Crippen LogP contribution in [0, 0.1) is 0 Å². The molecule has 5 rings (SSSR count). The van der Waals surface area contributed by atoms with Crippen LogP contribution in [0.2, 0.25) is 0 Å². The molecule has 0 fully saturated rings. The van der Waals surface area contributed by atoms with Crippen molar-refractivity contribution < 1.29 is 0 Å². The highest BCUT2D eigenvalue weighted by atomic mass is 79.9. The van der Waals surface area contributed by atoms with E-state index in [1.807, 2.05) is 13.8 Å². The first-order valence-corrected chi connectivity index (χ1v) is 16.5. The second-order valence-corrected chi connectivity index (χ2v) is 11.3. The third-order valence-corrected chi connectivity index (χ3v) is 8.45. The van der Waals surface area contributed by atoms with Crippen LogP contribution in [0.1, 0.15) is 57.6 Å². The second kappa shape index (κ2) is 17.6. The molecule has 0 atom stereocenters. The summed E-state index contributed by atoms with van der Waals surface area (Å²) in [6, 6.07) is 30.1. The molecule has 214 valence electrons. The fraction of sp³-hybridized carbons (Fsp3) is 0.371. The summed E-state index contributed by atoms with van der Waals surface area (Å²) in [7, 11) is 0. The smallest absolute Gasteiger partial charge is 0.141 e. The number of nitrogens with zero attached hydrogens (tertiary/aromatic N) is 2. The summed E-state index contributed by atoms with van der Waals surface area (Å²) in [4.78, 5) is 4.38. The standard InChI is InChI=1S/C21H26Cl2N2.C12H11Br.C2H6/c1-2-3-4-7-14-24-16-25(21(23)20(24)22)15-13-18-11-8-10-17-9-5-6-12-19(17)18;13-9-8-11-6-3-5-10-4-1-2-7-12(10)11;1-2/h5-6,8-12H,2-4,7,13-16H2,1H3;1-7H,8-9H2;1-2H3. The van der Waals surface area contributed by atoms with Crippen LogP contribution in [0.15, 0.2) is 95.2 Å². The fourth-order valence-electron chi connectivity index (χ4n) is 5.04. The van der Waals surface area contributed by atoms with E-state index in [9.17, 15) is 0 Å². The highest BCUT2D eigenvalue weighted by molar-refractivity contribution is 9.09. The van der Waals surface area contributed by atoms with Gasteiger partial charge < -0.3 is 9.80 Å². The lowest BCUT2D eigenvalue weighted by Gasteiger charge is -2.22. The maximum atomic E-state index is 6.48. The molecule has 0 amide bonds. The number of alkyl halides is 1. The van der Waals surface area contributed by atoms with Crippen molar-refractivity contribution in [2.45, 2.75) is 59.3 Å². The Bertz CT molecular complexity index is 1340. The summed E-state index contributed by atoms with van der Waals surface area (Å²) in [5, 5.41) is 7.76. The van der Waals surface area contributed by atoms with E-state index in [1.165, 1.54) is 58.4 Å². The lowest BCUT2D eigenvalue weighted by Crippen LogP contribution is -2.29. The zero-order chi connectivity index (χ0) is 28.7. The van der Waals surface area contributed by atoms with Crippen molar-refractivity contribution >= 4 is 60.7 Å². The van der Waals surface area contributed by atoms with Crippen LogP contribution in [0.5, 0.6) is 0 Å². The van der Waals surface area contributed by atoms with Crippen LogP contribution >= 0.6 is 39.1 Å². The van der Waals surface area contributed by atoms with Gasteiger partial charge in [-0.1, -0.05) is 164 Å². The van der Waals surface area contributed by atoms with Gasteiger partial charge in [0, 0.05) is 18.4 Å². The molecule has 0 saturated carbocycles. The predicted molar refractivity (Wildman–Crippen MR) is 182 cm³/mol. The van der Waals surface area contributed by atoms with Gasteiger partial charge in [0.15, 0.2) is 0 Å². The van der Waals surface area contributed by atoms with E-state index >= 15 is 0 Å². The largest absolute Gasteiger partial charge is 0.342 e. The van der Waals surface area contributed by atoms with Crippen LogP contribution in [-0.2, 0) is 12.8 Å². The van der Waals surface area contributed by atoms with E-state index in [4.69, 9.17) is 23.2 Å². The quantitative estimate of drug-likeness (QED) is 0.0965. The first-order chi connectivity index (χ1) is 19.6. The molecule has 0 saturated heterocycles. The topological polar surface area (TPSA) is 6.48 Å². The molecule has 0 bridgehead atoms. The molecule has 1 heterocycles. The molecule has 40 heavy (non-hydrogen) atoms. The van der Waals surface area contributed by atoms with Gasteiger partial charge in [-0.25, -0.2) is 0 Å². The summed E-state index contributed by atoms with van der Waals surface area (Å²) < 4.78 is 0. The minimum absolute atomic E-state index is 0.692. The maximum Gasteiger partial charge on any atom is 0.141 e. The van der Waals surface area contributed by atoms with Crippen molar-refractivity contribution in [2.24, 2.45) is 0 Å². The molecule has 4 aromatic rings. The number of rotatable bonds is 10. The molecule has 5 heteroatoms. The predicted octanol–water partition coefficient (Wildman–Crippen LogP) is 10.9. The Labute approximate surface area is 260 Å². The van der Waals surface area contributed by atoms with Crippen molar-refractivity contribution in [3.63, 3.8) is 0 Å². The average molecular weight is 643 g/mol. The Balaban J connectivity index is 0.000000246. The number of fused-ring (bicyclic) bond motifs is 2. The summed E-state index contributed by atoms with van der Waals surface area (Å²) in [6.45, 7) is 8.90. The van der Waals surface area contributed by atoms with Gasteiger partial charge in [0.25, 0.3) is 0 Å². The van der Waals surface area contributed by atoms with Gasteiger partial charge in [0.1, 0.15) is 10.3 Å². The number of halogens is 3. The Morgan fingerprint density at radius 3 is 1.68 bits per heavy atom. The number of hydrogen-bond acceptors (Lipinski definition) is 2. The maximum absolute atomic E-state index is 6.48. The second-order valence-electron chi connectivity index (χ2n) is 9.78. The molecule has 1 aliphatic rings. The van der Waals surface area contributed by atoms with E-state index in [2.05, 4.69) is 118 Å². The summed E-state index contributed by atoms with van der Waals surface area (Å²) in [5.41, 5.74) is 2.79. The number of unbranched alkanes of at least 4 members (excludes halogenated alkanes) is 3. The number of aryl methyl sites for hydroxylation is 1. The van der Waals surface area contributed by atoms with Crippen molar-refractivity contribution in [1.82, 2.24) is 9.80 Å². The van der Waals surface area contributed by atoms with Gasteiger partial charge in [-0.2, -0.15) is 0 Å². The van der Waals surface area contributed by atoms with Crippen molar-refractivity contribution in [3.05, 3.63) is 106 Å². The average Bonchev–Trinajstić information content (AvgIpc) is 3.28. The van der Waals surface area contributed by atoms with Gasteiger partial charge in [-0.05, 0) is 51.9 Å². The van der Waals surface area contributed by atoms with Crippen LogP contribution in [0.4, 0.5) is 0 Å². The Hall–Kier alpha value is -2.20. The minimum Gasteiger partial charge on any atom is -0.342 e. The van der Waals surface area contributed by atoms with Crippen molar-refractivity contribution in [1.29, 1.82) is 0 Å². The van der Waals surface area contributed by atoms with Gasteiger partial charge >= 0.3 is 0 Å². The van der Waals surface area contributed by atoms with Crippen molar-refractivity contribution in [2.75, 3.05) is 25.1 Å². The fourth-order valence-corrected chi connectivity index (χ4v) is 5.98. The zero-order valence-electron chi connectivity index (χ0n) is 24.2. The Morgan fingerprint density at radius 2 is 1.12 bits per heavy atom. The molecule has 0 unspecified atom stereocenters. The van der Waals surface area contributed by atoms with Gasteiger partial charge in [0.2, 0.25) is 0 Å². The van der Waals surface area contributed by atoms with Crippen LogP contribution in [0.3, 0.4) is 0 Å². The van der Waals surface area contributed by atoms with E-state index in [0.717, 1.165) is 37.9 Å². The molecule has 4 aromatic carbocycles. The third-order valence-electron chi connectivity index (χ3n) is 7.12. The van der Waals surface area contributed by atoms with Crippen molar-refractivity contribution in [3.8, 4) is 0 Å². The van der Waals surface area contributed by atoms with Gasteiger partial charge in [-0.15, -0.1) is 0 Å². The van der Waals surface area contributed by atoms with E-state index in [0.29, 0.717) is 10.3 Å². The van der Waals surface area contributed by atoms with Crippen LogP contribution in [-0.4, -0.2) is 34.9 Å². The molecule has 0 spiro atoms.